The van der Waals surface area contributed by atoms with Crippen LogP contribution in [0.4, 0.5) is 0 Å². The van der Waals surface area contributed by atoms with Crippen molar-refractivity contribution in [2.75, 3.05) is 6.61 Å². The van der Waals surface area contributed by atoms with Gasteiger partial charge in [0.15, 0.2) is 6.61 Å². The normalized spacial score (nSPS) is 11.9. The third-order valence-electron chi connectivity index (χ3n) is 2.60. The van der Waals surface area contributed by atoms with E-state index in [1.807, 2.05) is 26.0 Å². The fraction of sp³-hybridized carbons (Fsp3) is 0.286. The van der Waals surface area contributed by atoms with Gasteiger partial charge in [-0.25, -0.2) is 0 Å². The van der Waals surface area contributed by atoms with E-state index in [9.17, 15) is 4.79 Å². The van der Waals surface area contributed by atoms with E-state index in [-0.39, 0.29) is 18.6 Å². The highest BCUT2D eigenvalue weighted by molar-refractivity contribution is 5.77. The highest BCUT2D eigenvalue weighted by Crippen LogP contribution is 2.12. The first kappa shape index (κ1) is 13.1. The topological polar surface area (TPSA) is 64.4 Å². The molecule has 2 aromatic heterocycles. The number of nitrogens with one attached hydrogen (secondary N) is 1. The lowest BCUT2D eigenvalue weighted by Gasteiger charge is -2.12. The predicted molar refractivity (Wildman–Crippen MR) is 69.7 cm³/mol. The molecule has 0 spiro atoms. The van der Waals surface area contributed by atoms with E-state index in [1.54, 1.807) is 24.6 Å². The number of nitrogens with zero attached hydrogens (tertiary/aromatic N) is 1. The van der Waals surface area contributed by atoms with E-state index >= 15 is 0 Å². The van der Waals surface area contributed by atoms with Gasteiger partial charge in [-0.2, -0.15) is 0 Å². The zero-order valence-corrected chi connectivity index (χ0v) is 10.9. The van der Waals surface area contributed by atoms with Gasteiger partial charge in [0.25, 0.3) is 5.91 Å². The molecule has 0 bridgehead atoms. The quantitative estimate of drug-likeness (QED) is 0.895. The smallest absolute Gasteiger partial charge is 0.258 e. The van der Waals surface area contributed by atoms with Gasteiger partial charge in [-0.3, -0.25) is 9.78 Å². The van der Waals surface area contributed by atoms with Crippen LogP contribution in [-0.2, 0) is 4.79 Å². The van der Waals surface area contributed by atoms with Gasteiger partial charge in [0.2, 0.25) is 0 Å². The maximum absolute atomic E-state index is 11.7. The summed E-state index contributed by atoms with van der Waals surface area (Å²) in [5.41, 5.74) is 0.906. The Hall–Kier alpha value is -2.30. The number of pyridine rings is 1. The van der Waals surface area contributed by atoms with Crippen molar-refractivity contribution < 1.29 is 13.9 Å². The summed E-state index contributed by atoms with van der Waals surface area (Å²) in [4.78, 5) is 15.8. The number of amides is 1. The molecule has 0 unspecified atom stereocenters. The van der Waals surface area contributed by atoms with E-state index < -0.39 is 0 Å². The summed E-state index contributed by atoms with van der Waals surface area (Å²) in [6.45, 7) is 3.70. The van der Waals surface area contributed by atoms with Crippen LogP contribution in [0.5, 0.6) is 5.75 Å². The summed E-state index contributed by atoms with van der Waals surface area (Å²) in [5.74, 6) is 1.08. The minimum absolute atomic E-state index is 0.0458. The molecule has 0 fully saturated rings. The maximum Gasteiger partial charge on any atom is 0.258 e. The number of aromatic nitrogens is 1. The first-order chi connectivity index (χ1) is 9.15. The zero-order chi connectivity index (χ0) is 13.7. The molecule has 2 rings (SSSR count). The minimum atomic E-state index is -0.204. The number of aryl methyl sites for hydroxylation is 1. The molecule has 0 saturated carbocycles. The van der Waals surface area contributed by atoms with E-state index in [0.29, 0.717) is 11.5 Å². The Balaban J connectivity index is 1.80. The van der Waals surface area contributed by atoms with Crippen molar-refractivity contribution in [2.24, 2.45) is 0 Å². The Morgan fingerprint density at radius 3 is 2.95 bits per heavy atom. The summed E-state index contributed by atoms with van der Waals surface area (Å²) in [6, 6.07) is 7.04. The van der Waals surface area contributed by atoms with Gasteiger partial charge in [0.1, 0.15) is 11.5 Å². The third-order valence-corrected chi connectivity index (χ3v) is 2.60. The lowest BCUT2D eigenvalue weighted by Crippen LogP contribution is -2.31. The highest BCUT2D eigenvalue weighted by Gasteiger charge is 2.12. The van der Waals surface area contributed by atoms with Crippen LogP contribution in [0.15, 0.2) is 41.1 Å². The van der Waals surface area contributed by atoms with Crippen LogP contribution in [0.2, 0.25) is 0 Å². The number of ether oxygens (including phenoxy) is 1. The van der Waals surface area contributed by atoms with Crippen LogP contribution in [0.25, 0.3) is 0 Å². The zero-order valence-electron chi connectivity index (χ0n) is 10.9. The Morgan fingerprint density at radius 1 is 1.47 bits per heavy atom. The van der Waals surface area contributed by atoms with Gasteiger partial charge in [0, 0.05) is 5.69 Å². The van der Waals surface area contributed by atoms with E-state index in [0.717, 1.165) is 5.69 Å². The largest absolute Gasteiger partial charge is 0.482 e. The average molecular weight is 260 g/mol. The third kappa shape index (κ3) is 3.84. The van der Waals surface area contributed by atoms with Crippen molar-refractivity contribution in [3.63, 3.8) is 0 Å². The standard InChI is InChI=1S/C14H16N2O3/c1-10-5-6-12(8-15-10)19-9-14(17)16-11(2)13-4-3-7-18-13/h3-8,11H,9H2,1-2H3,(H,16,17)/t11-/m0/s1. The summed E-state index contributed by atoms with van der Waals surface area (Å²) >= 11 is 0. The lowest BCUT2D eigenvalue weighted by molar-refractivity contribution is -0.123. The van der Waals surface area contributed by atoms with Crippen LogP contribution in [0, 0.1) is 6.92 Å². The second-order valence-corrected chi connectivity index (χ2v) is 4.23. The van der Waals surface area contributed by atoms with Crippen molar-refractivity contribution in [1.29, 1.82) is 0 Å². The van der Waals surface area contributed by atoms with Gasteiger partial charge in [-0.05, 0) is 38.1 Å². The lowest BCUT2D eigenvalue weighted by atomic mass is 10.2. The number of carbonyl (C=O) groups is 1. The highest BCUT2D eigenvalue weighted by atomic mass is 16.5. The summed E-state index contributed by atoms with van der Waals surface area (Å²) in [5, 5.41) is 2.79. The molecule has 0 aliphatic rings. The molecule has 2 aromatic rings. The van der Waals surface area contributed by atoms with Crippen LogP contribution >= 0.6 is 0 Å². The predicted octanol–water partition coefficient (Wildman–Crippen LogP) is 2.24. The number of carbonyl (C=O) groups excluding carboxylic acids is 1. The molecule has 5 heteroatoms. The molecule has 0 aliphatic heterocycles. The number of rotatable bonds is 5. The fourth-order valence-electron chi connectivity index (χ4n) is 1.58. The van der Waals surface area contributed by atoms with Crippen molar-refractivity contribution in [3.8, 4) is 5.75 Å². The Bertz CT molecular complexity index is 520. The van der Waals surface area contributed by atoms with E-state index in [4.69, 9.17) is 9.15 Å². The molecule has 0 saturated heterocycles. The molecule has 19 heavy (non-hydrogen) atoms. The van der Waals surface area contributed by atoms with Crippen LogP contribution in [0.3, 0.4) is 0 Å². The number of furan rings is 1. The van der Waals surface area contributed by atoms with Gasteiger partial charge in [-0.15, -0.1) is 0 Å². The van der Waals surface area contributed by atoms with Gasteiger partial charge >= 0.3 is 0 Å². The molecule has 2 heterocycles. The molecular formula is C14H16N2O3. The molecule has 0 aromatic carbocycles. The second-order valence-electron chi connectivity index (χ2n) is 4.23. The summed E-state index contributed by atoms with van der Waals surface area (Å²) in [7, 11) is 0. The van der Waals surface area contributed by atoms with Crippen molar-refractivity contribution in [2.45, 2.75) is 19.9 Å². The first-order valence-corrected chi connectivity index (χ1v) is 6.03. The molecule has 1 N–H and O–H groups in total. The van der Waals surface area contributed by atoms with Gasteiger partial charge in [-0.1, -0.05) is 0 Å². The van der Waals surface area contributed by atoms with Crippen molar-refractivity contribution in [3.05, 3.63) is 48.2 Å². The van der Waals surface area contributed by atoms with E-state index in [2.05, 4.69) is 10.3 Å². The second kappa shape index (κ2) is 6.04. The Kier molecular flexibility index (Phi) is 4.18. The van der Waals surface area contributed by atoms with Crippen molar-refractivity contribution >= 4 is 5.91 Å². The average Bonchev–Trinajstić information content (AvgIpc) is 2.92. The molecule has 1 amide bonds. The molecule has 0 radical (unpaired) electrons. The number of hydrogen-bond acceptors (Lipinski definition) is 4. The van der Waals surface area contributed by atoms with Crippen molar-refractivity contribution in [1.82, 2.24) is 10.3 Å². The number of hydrogen-bond donors (Lipinski definition) is 1. The Labute approximate surface area is 111 Å². The molecule has 1 atom stereocenters. The molecular weight excluding hydrogens is 244 g/mol. The van der Waals surface area contributed by atoms with Crippen LogP contribution in [0.1, 0.15) is 24.4 Å². The van der Waals surface area contributed by atoms with Crippen LogP contribution in [-0.4, -0.2) is 17.5 Å². The first-order valence-electron chi connectivity index (χ1n) is 6.03. The van der Waals surface area contributed by atoms with Gasteiger partial charge < -0.3 is 14.5 Å². The molecule has 0 aliphatic carbocycles. The fourth-order valence-corrected chi connectivity index (χ4v) is 1.58. The molecule has 5 nitrogen and oxygen atoms in total. The minimum Gasteiger partial charge on any atom is -0.482 e. The van der Waals surface area contributed by atoms with E-state index in [1.165, 1.54) is 0 Å². The summed E-state index contributed by atoms with van der Waals surface area (Å²) in [6.07, 6.45) is 3.17. The monoisotopic (exact) mass is 260 g/mol. The van der Waals surface area contributed by atoms with Crippen LogP contribution < -0.4 is 10.1 Å². The molecule has 100 valence electrons. The van der Waals surface area contributed by atoms with Gasteiger partial charge in [0.05, 0.1) is 18.5 Å². The SMILES string of the molecule is Cc1ccc(OCC(=O)N[C@@H](C)c2ccco2)cn1. The summed E-state index contributed by atoms with van der Waals surface area (Å²) < 4.78 is 10.5. The maximum atomic E-state index is 11.7. The Morgan fingerprint density at radius 2 is 2.32 bits per heavy atom.